The van der Waals surface area contributed by atoms with E-state index in [1.165, 1.54) is 0 Å². The van der Waals surface area contributed by atoms with E-state index in [-0.39, 0.29) is 6.04 Å². The third-order valence-corrected chi connectivity index (χ3v) is 4.73. The molecule has 2 rings (SSSR count). The standard InChI is InChI=1S/C20H25ClN2O2/c1-3-23(4-2)19(17-7-5-6-8-18(17)21)14-22-13-15-9-11-16(12-10-15)20(24)25/h5-12,19,22H,3-4,13-14H2,1-2H3,(H,24,25). The lowest BCUT2D eigenvalue weighted by Gasteiger charge is -2.31. The highest BCUT2D eigenvalue weighted by Gasteiger charge is 2.19. The van der Waals surface area contributed by atoms with Gasteiger partial charge in [0.1, 0.15) is 0 Å². The molecule has 1 unspecified atom stereocenters. The van der Waals surface area contributed by atoms with Crippen LogP contribution in [-0.2, 0) is 6.54 Å². The van der Waals surface area contributed by atoms with Gasteiger partial charge in [0.2, 0.25) is 0 Å². The predicted octanol–water partition coefficient (Wildman–Crippen LogP) is 4.21. The number of hydrogen-bond acceptors (Lipinski definition) is 3. The number of benzene rings is 2. The average molecular weight is 361 g/mol. The number of likely N-dealkylation sites (N-methyl/N-ethyl adjacent to an activating group) is 1. The Bertz CT molecular complexity index is 684. The van der Waals surface area contributed by atoms with E-state index in [2.05, 4.69) is 30.1 Å². The van der Waals surface area contributed by atoms with Crippen LogP contribution in [-0.4, -0.2) is 35.6 Å². The first kappa shape index (κ1) is 19.4. The van der Waals surface area contributed by atoms with Gasteiger partial charge in [0.15, 0.2) is 0 Å². The lowest BCUT2D eigenvalue weighted by atomic mass is 10.0. The van der Waals surface area contributed by atoms with Crippen molar-refractivity contribution >= 4 is 17.6 Å². The minimum Gasteiger partial charge on any atom is -0.478 e. The lowest BCUT2D eigenvalue weighted by molar-refractivity contribution is 0.0697. The minimum absolute atomic E-state index is 0.196. The molecule has 0 heterocycles. The van der Waals surface area contributed by atoms with E-state index in [0.29, 0.717) is 12.1 Å². The van der Waals surface area contributed by atoms with E-state index in [1.54, 1.807) is 12.1 Å². The summed E-state index contributed by atoms with van der Waals surface area (Å²) >= 11 is 6.41. The topological polar surface area (TPSA) is 52.6 Å². The van der Waals surface area contributed by atoms with Crippen LogP contribution in [0.15, 0.2) is 48.5 Å². The number of nitrogens with zero attached hydrogens (tertiary/aromatic N) is 1. The maximum atomic E-state index is 10.9. The van der Waals surface area contributed by atoms with Crippen LogP contribution >= 0.6 is 11.6 Å². The first-order valence-corrected chi connectivity index (χ1v) is 8.96. The molecule has 0 aliphatic rings. The van der Waals surface area contributed by atoms with Gasteiger partial charge in [-0.3, -0.25) is 4.90 Å². The highest BCUT2D eigenvalue weighted by atomic mass is 35.5. The summed E-state index contributed by atoms with van der Waals surface area (Å²) in [6, 6.07) is 15.1. The van der Waals surface area contributed by atoms with Crippen molar-refractivity contribution in [3.8, 4) is 0 Å². The fourth-order valence-electron chi connectivity index (χ4n) is 2.96. The number of aromatic carboxylic acids is 1. The van der Waals surface area contributed by atoms with Gasteiger partial charge >= 0.3 is 5.97 Å². The number of hydrogen-bond donors (Lipinski definition) is 2. The number of halogens is 1. The van der Waals surface area contributed by atoms with E-state index in [0.717, 1.165) is 35.8 Å². The molecule has 0 saturated heterocycles. The van der Waals surface area contributed by atoms with Crippen LogP contribution in [0.1, 0.15) is 41.4 Å². The highest BCUT2D eigenvalue weighted by Crippen LogP contribution is 2.27. The molecule has 0 radical (unpaired) electrons. The molecule has 4 nitrogen and oxygen atoms in total. The molecule has 134 valence electrons. The molecule has 0 aromatic heterocycles. The van der Waals surface area contributed by atoms with Gasteiger partial charge in [0.05, 0.1) is 5.56 Å². The summed E-state index contributed by atoms with van der Waals surface area (Å²) in [6.07, 6.45) is 0. The number of carbonyl (C=O) groups is 1. The van der Waals surface area contributed by atoms with Crippen LogP contribution < -0.4 is 5.32 Å². The van der Waals surface area contributed by atoms with Gasteiger partial charge in [-0.15, -0.1) is 0 Å². The molecule has 0 amide bonds. The summed E-state index contributed by atoms with van der Waals surface area (Å²) in [7, 11) is 0. The Kier molecular flexibility index (Phi) is 7.44. The average Bonchev–Trinajstić information content (AvgIpc) is 2.62. The maximum absolute atomic E-state index is 10.9. The fourth-order valence-corrected chi connectivity index (χ4v) is 3.23. The number of carboxylic acids is 1. The molecule has 0 aliphatic carbocycles. The number of nitrogens with one attached hydrogen (secondary N) is 1. The van der Waals surface area contributed by atoms with E-state index >= 15 is 0 Å². The van der Waals surface area contributed by atoms with Crippen molar-refractivity contribution in [3.05, 3.63) is 70.2 Å². The molecule has 2 aromatic rings. The second kappa shape index (κ2) is 9.56. The molecular weight excluding hydrogens is 336 g/mol. The van der Waals surface area contributed by atoms with Gasteiger partial charge in [0.25, 0.3) is 0 Å². The van der Waals surface area contributed by atoms with Crippen molar-refractivity contribution < 1.29 is 9.90 Å². The molecule has 0 fully saturated rings. The van der Waals surface area contributed by atoms with Gasteiger partial charge in [-0.1, -0.05) is 55.8 Å². The number of rotatable bonds is 9. The quantitative estimate of drug-likeness (QED) is 0.703. The second-order valence-corrected chi connectivity index (χ2v) is 6.30. The van der Waals surface area contributed by atoms with Gasteiger partial charge < -0.3 is 10.4 Å². The van der Waals surface area contributed by atoms with E-state index in [9.17, 15) is 4.79 Å². The summed E-state index contributed by atoms with van der Waals surface area (Å²) in [6.45, 7) is 7.65. The summed E-state index contributed by atoms with van der Waals surface area (Å²) in [5.74, 6) is -0.903. The molecule has 1 atom stereocenters. The van der Waals surface area contributed by atoms with Crippen molar-refractivity contribution in [2.45, 2.75) is 26.4 Å². The number of carboxylic acid groups (broad SMARTS) is 1. The van der Waals surface area contributed by atoms with Crippen LogP contribution in [0.25, 0.3) is 0 Å². The van der Waals surface area contributed by atoms with Crippen LogP contribution in [0.2, 0.25) is 5.02 Å². The van der Waals surface area contributed by atoms with E-state index < -0.39 is 5.97 Å². The Morgan fingerprint density at radius 3 is 2.32 bits per heavy atom. The van der Waals surface area contributed by atoms with Crippen molar-refractivity contribution in [3.63, 3.8) is 0 Å². The Morgan fingerprint density at radius 2 is 1.76 bits per heavy atom. The van der Waals surface area contributed by atoms with Crippen molar-refractivity contribution in [1.82, 2.24) is 10.2 Å². The van der Waals surface area contributed by atoms with Crippen LogP contribution in [0.3, 0.4) is 0 Å². The van der Waals surface area contributed by atoms with Gasteiger partial charge in [-0.05, 0) is 42.4 Å². The smallest absolute Gasteiger partial charge is 0.335 e. The van der Waals surface area contributed by atoms with Crippen LogP contribution in [0, 0.1) is 0 Å². The van der Waals surface area contributed by atoms with E-state index in [4.69, 9.17) is 16.7 Å². The zero-order valence-corrected chi connectivity index (χ0v) is 15.5. The molecule has 0 aliphatic heterocycles. The molecule has 0 spiro atoms. The van der Waals surface area contributed by atoms with Crippen molar-refractivity contribution in [1.29, 1.82) is 0 Å². The highest BCUT2D eigenvalue weighted by molar-refractivity contribution is 6.31. The largest absolute Gasteiger partial charge is 0.478 e. The Balaban J connectivity index is 2.05. The normalized spacial score (nSPS) is 12.3. The molecule has 0 saturated carbocycles. The molecule has 5 heteroatoms. The Morgan fingerprint density at radius 1 is 1.12 bits per heavy atom. The minimum atomic E-state index is -0.903. The summed E-state index contributed by atoms with van der Waals surface area (Å²) in [4.78, 5) is 13.3. The van der Waals surface area contributed by atoms with Gasteiger partial charge in [-0.25, -0.2) is 4.79 Å². The zero-order valence-electron chi connectivity index (χ0n) is 14.7. The molecule has 2 N–H and O–H groups in total. The molecule has 0 bridgehead atoms. The lowest BCUT2D eigenvalue weighted by Crippen LogP contribution is -2.35. The third kappa shape index (κ3) is 5.30. The SMILES string of the molecule is CCN(CC)C(CNCc1ccc(C(=O)O)cc1)c1ccccc1Cl. The second-order valence-electron chi connectivity index (χ2n) is 5.89. The predicted molar refractivity (Wildman–Crippen MR) is 102 cm³/mol. The first-order valence-electron chi connectivity index (χ1n) is 8.58. The summed E-state index contributed by atoms with van der Waals surface area (Å²) in [5.41, 5.74) is 2.49. The van der Waals surface area contributed by atoms with Gasteiger partial charge in [-0.2, -0.15) is 0 Å². The summed E-state index contributed by atoms with van der Waals surface area (Å²) in [5, 5.41) is 13.2. The monoisotopic (exact) mass is 360 g/mol. The van der Waals surface area contributed by atoms with Crippen molar-refractivity contribution in [2.24, 2.45) is 0 Å². The molecule has 25 heavy (non-hydrogen) atoms. The van der Waals surface area contributed by atoms with Gasteiger partial charge in [0, 0.05) is 24.2 Å². The van der Waals surface area contributed by atoms with Crippen molar-refractivity contribution in [2.75, 3.05) is 19.6 Å². The Hall–Kier alpha value is -1.88. The Labute approximate surface area is 154 Å². The zero-order chi connectivity index (χ0) is 18.2. The molecular formula is C20H25ClN2O2. The summed E-state index contributed by atoms with van der Waals surface area (Å²) < 4.78 is 0. The van der Waals surface area contributed by atoms with Crippen LogP contribution in [0.5, 0.6) is 0 Å². The fraction of sp³-hybridized carbons (Fsp3) is 0.350. The third-order valence-electron chi connectivity index (χ3n) is 4.39. The maximum Gasteiger partial charge on any atom is 0.335 e. The first-order chi connectivity index (χ1) is 12.1. The van der Waals surface area contributed by atoms with Crippen LogP contribution in [0.4, 0.5) is 0 Å². The molecule has 2 aromatic carbocycles. The van der Waals surface area contributed by atoms with E-state index in [1.807, 2.05) is 30.3 Å².